The van der Waals surface area contributed by atoms with Crippen LogP contribution in [-0.4, -0.2) is 17.9 Å². The van der Waals surface area contributed by atoms with E-state index in [4.69, 9.17) is 11.5 Å². The molecule has 0 aromatic carbocycles. The molecule has 0 atom stereocenters. The zero-order valence-corrected chi connectivity index (χ0v) is 5.82. The van der Waals surface area contributed by atoms with Gasteiger partial charge in [-0.15, -0.1) is 0 Å². The van der Waals surface area contributed by atoms with Crippen molar-refractivity contribution in [2.45, 2.75) is 6.42 Å². The van der Waals surface area contributed by atoms with Crippen molar-refractivity contribution in [2.24, 2.45) is 16.6 Å². The van der Waals surface area contributed by atoms with Crippen molar-refractivity contribution in [1.29, 1.82) is 0 Å². The number of rotatable bonds is 3. The largest absolute Gasteiger partial charge is 0.375 e. The van der Waals surface area contributed by atoms with Crippen LogP contribution in [0.1, 0.15) is 6.42 Å². The molecule has 0 fully saturated rings. The van der Waals surface area contributed by atoms with Gasteiger partial charge in [0.25, 0.3) is 0 Å². The van der Waals surface area contributed by atoms with Crippen LogP contribution in [0.2, 0.25) is 0 Å². The van der Waals surface area contributed by atoms with Crippen LogP contribution in [0.5, 0.6) is 0 Å². The lowest BCUT2D eigenvalue weighted by Crippen LogP contribution is -2.24. The molecule has 5 N–H and O–H groups in total. The Hall–Kier alpha value is -0.680. The van der Waals surface area contributed by atoms with E-state index in [0.29, 0.717) is 6.54 Å². The molecule has 5 heteroatoms. The fourth-order valence-electron chi connectivity index (χ4n) is 0.248. The highest BCUT2D eigenvalue weighted by molar-refractivity contribution is 7.80. The highest BCUT2D eigenvalue weighted by Gasteiger charge is 1.76. The van der Waals surface area contributed by atoms with Gasteiger partial charge in [0.2, 0.25) is 0 Å². The molecule has 0 saturated heterocycles. The summed E-state index contributed by atoms with van der Waals surface area (Å²) in [5, 5.41) is 3.81. The van der Waals surface area contributed by atoms with Gasteiger partial charge in [0.05, 0.1) is 0 Å². The van der Waals surface area contributed by atoms with E-state index in [1.165, 1.54) is 0 Å². The van der Waals surface area contributed by atoms with Crippen molar-refractivity contribution in [3.63, 3.8) is 0 Å². The molecule has 0 rings (SSSR count). The van der Waals surface area contributed by atoms with Gasteiger partial charge >= 0.3 is 0 Å². The minimum Gasteiger partial charge on any atom is -0.375 e. The van der Waals surface area contributed by atoms with Crippen molar-refractivity contribution in [1.82, 2.24) is 5.43 Å². The van der Waals surface area contributed by atoms with E-state index in [9.17, 15) is 0 Å². The minimum absolute atomic E-state index is 0.170. The maximum atomic E-state index is 5.16. The fourth-order valence-corrected chi connectivity index (χ4v) is 0.301. The first kappa shape index (κ1) is 8.32. The Bertz CT molecular complexity index is 111. The normalized spacial score (nSPS) is 9.89. The molecule has 0 amide bonds. The molecule has 0 bridgehead atoms. The molecule has 0 aliphatic heterocycles. The summed E-state index contributed by atoms with van der Waals surface area (Å²) in [5.74, 6) is 0. The number of hydrogen-bond donors (Lipinski definition) is 3. The van der Waals surface area contributed by atoms with Crippen LogP contribution in [-0.2, 0) is 0 Å². The van der Waals surface area contributed by atoms with Gasteiger partial charge in [-0.1, -0.05) is 0 Å². The van der Waals surface area contributed by atoms with Gasteiger partial charge in [0.1, 0.15) is 0 Å². The second-order valence-electron chi connectivity index (χ2n) is 1.37. The molecule has 0 saturated carbocycles. The molecule has 0 heterocycles. The number of hydrazone groups is 1. The van der Waals surface area contributed by atoms with Crippen LogP contribution in [0, 0.1) is 0 Å². The van der Waals surface area contributed by atoms with Crippen LogP contribution in [0.15, 0.2) is 5.10 Å². The third-order valence-electron chi connectivity index (χ3n) is 0.562. The monoisotopic (exact) mass is 146 g/mol. The summed E-state index contributed by atoms with van der Waals surface area (Å²) in [6.07, 6.45) is 2.36. The van der Waals surface area contributed by atoms with E-state index in [1.54, 1.807) is 6.21 Å². The average Bonchev–Trinajstić information content (AvgIpc) is 1.80. The van der Waals surface area contributed by atoms with Crippen molar-refractivity contribution < 1.29 is 0 Å². The molecule has 4 nitrogen and oxygen atoms in total. The number of nitrogens with one attached hydrogen (secondary N) is 1. The maximum absolute atomic E-state index is 5.16. The second kappa shape index (κ2) is 5.46. The number of hydrogen-bond acceptors (Lipinski definition) is 3. The van der Waals surface area contributed by atoms with Crippen molar-refractivity contribution >= 4 is 23.5 Å². The van der Waals surface area contributed by atoms with E-state index in [-0.39, 0.29) is 5.11 Å². The molecular weight excluding hydrogens is 136 g/mol. The minimum atomic E-state index is 0.170. The number of nitrogens with zero attached hydrogens (tertiary/aromatic N) is 1. The average molecular weight is 146 g/mol. The van der Waals surface area contributed by atoms with Gasteiger partial charge in [0, 0.05) is 6.21 Å². The summed E-state index contributed by atoms with van der Waals surface area (Å²) in [6, 6.07) is 0. The van der Waals surface area contributed by atoms with Gasteiger partial charge in [-0.25, -0.2) is 0 Å². The third-order valence-corrected chi connectivity index (χ3v) is 0.653. The Balaban J connectivity index is 3.14. The molecule has 0 radical (unpaired) electrons. The smallest absolute Gasteiger partial charge is 0.184 e. The number of nitrogens with two attached hydrogens (primary N) is 2. The molecular formula is C4H10N4S. The summed E-state index contributed by atoms with van der Waals surface area (Å²) in [7, 11) is 0. The van der Waals surface area contributed by atoms with E-state index in [0.717, 1.165) is 6.42 Å². The highest BCUT2D eigenvalue weighted by atomic mass is 32.1. The lowest BCUT2D eigenvalue weighted by atomic mass is 10.5. The van der Waals surface area contributed by atoms with Gasteiger partial charge in [-0.3, -0.25) is 5.43 Å². The SMILES string of the molecule is NCC/C=N/NC(N)=S. The summed E-state index contributed by atoms with van der Waals surface area (Å²) >= 11 is 4.47. The van der Waals surface area contributed by atoms with E-state index < -0.39 is 0 Å². The zero-order chi connectivity index (χ0) is 7.11. The van der Waals surface area contributed by atoms with Crippen molar-refractivity contribution in [3.05, 3.63) is 0 Å². The zero-order valence-electron chi connectivity index (χ0n) is 5.00. The Morgan fingerprint density at radius 3 is 2.89 bits per heavy atom. The summed E-state index contributed by atoms with van der Waals surface area (Å²) in [4.78, 5) is 0. The Kier molecular flexibility index (Phi) is 5.04. The maximum Gasteiger partial charge on any atom is 0.184 e. The Morgan fingerprint density at radius 2 is 2.44 bits per heavy atom. The molecule has 0 aromatic heterocycles. The molecule has 0 aliphatic carbocycles. The standard InChI is InChI=1S/C4H10N4S/c5-2-1-3-7-8-4(6)9/h3H,1-2,5H2,(H3,6,8,9)/b7-3+. The quantitative estimate of drug-likeness (QED) is 0.275. The molecule has 0 unspecified atom stereocenters. The first-order chi connectivity index (χ1) is 4.27. The Labute approximate surface area is 59.3 Å². The van der Waals surface area contributed by atoms with E-state index in [2.05, 4.69) is 22.7 Å². The second-order valence-corrected chi connectivity index (χ2v) is 1.80. The van der Waals surface area contributed by atoms with Crippen LogP contribution in [0.3, 0.4) is 0 Å². The molecule has 0 aliphatic rings. The molecule has 52 valence electrons. The third kappa shape index (κ3) is 7.32. The summed E-state index contributed by atoms with van der Waals surface area (Å²) in [5.41, 5.74) is 12.6. The molecule has 0 aromatic rings. The number of thiocarbonyl (C=S) groups is 1. The van der Waals surface area contributed by atoms with Crippen LogP contribution < -0.4 is 16.9 Å². The predicted molar refractivity (Wildman–Crippen MR) is 42.1 cm³/mol. The molecule has 0 spiro atoms. The van der Waals surface area contributed by atoms with Gasteiger partial charge in [-0.05, 0) is 25.2 Å². The molecule has 9 heavy (non-hydrogen) atoms. The fraction of sp³-hybridized carbons (Fsp3) is 0.500. The van der Waals surface area contributed by atoms with E-state index in [1.807, 2.05) is 0 Å². The summed E-state index contributed by atoms with van der Waals surface area (Å²) < 4.78 is 0. The van der Waals surface area contributed by atoms with Crippen LogP contribution in [0.4, 0.5) is 0 Å². The van der Waals surface area contributed by atoms with Crippen LogP contribution >= 0.6 is 12.2 Å². The lowest BCUT2D eigenvalue weighted by Gasteiger charge is -1.91. The lowest BCUT2D eigenvalue weighted by molar-refractivity contribution is 0.998. The Morgan fingerprint density at radius 1 is 1.78 bits per heavy atom. The van der Waals surface area contributed by atoms with Gasteiger partial charge < -0.3 is 11.5 Å². The predicted octanol–water partition coefficient (Wildman–Crippen LogP) is -0.846. The first-order valence-electron chi connectivity index (χ1n) is 2.54. The van der Waals surface area contributed by atoms with E-state index >= 15 is 0 Å². The first-order valence-corrected chi connectivity index (χ1v) is 2.95. The topological polar surface area (TPSA) is 76.4 Å². The van der Waals surface area contributed by atoms with Gasteiger partial charge in [-0.2, -0.15) is 5.10 Å². The van der Waals surface area contributed by atoms with Crippen molar-refractivity contribution in [3.8, 4) is 0 Å². The summed E-state index contributed by atoms with van der Waals surface area (Å²) in [6.45, 7) is 0.586. The highest BCUT2D eigenvalue weighted by Crippen LogP contribution is 1.64. The van der Waals surface area contributed by atoms with Gasteiger partial charge in [0.15, 0.2) is 5.11 Å². The van der Waals surface area contributed by atoms with Crippen LogP contribution in [0.25, 0.3) is 0 Å². The van der Waals surface area contributed by atoms with Crippen molar-refractivity contribution in [2.75, 3.05) is 6.54 Å².